The van der Waals surface area contributed by atoms with Gasteiger partial charge in [-0.3, -0.25) is 14.2 Å². The number of carbonyl (C=O) groups is 1. The van der Waals surface area contributed by atoms with Crippen LogP contribution in [0, 0.1) is 34.6 Å². The molecule has 6 nitrogen and oxygen atoms in total. The minimum Gasteiger partial charge on any atom is -0.326 e. The third-order valence-corrected chi connectivity index (χ3v) is 6.44. The number of aromatic nitrogens is 3. The number of nitrogens with one attached hydrogen (secondary N) is 1. The Morgan fingerprint density at radius 2 is 1.74 bits per heavy atom. The van der Waals surface area contributed by atoms with Crippen molar-refractivity contribution in [3.05, 3.63) is 86.3 Å². The second-order valence-corrected chi connectivity index (χ2v) is 9.05. The summed E-state index contributed by atoms with van der Waals surface area (Å²) in [5.41, 5.74) is 8.25. The second-order valence-electron chi connectivity index (χ2n) is 9.05. The molecular formula is C28H32N4O2. The maximum Gasteiger partial charge on any atom is 0.255 e. The Hall–Kier alpha value is -3.67. The fraction of sp³-hybridized carbons (Fsp3) is 0.321. The molecule has 1 N–H and O–H groups in total. The molecule has 4 rings (SSSR count). The van der Waals surface area contributed by atoms with Crippen molar-refractivity contribution < 1.29 is 4.79 Å². The lowest BCUT2D eigenvalue weighted by molar-refractivity contribution is -0.116. The quantitative estimate of drug-likeness (QED) is 0.427. The van der Waals surface area contributed by atoms with Crippen LogP contribution < -0.4 is 10.9 Å². The molecule has 34 heavy (non-hydrogen) atoms. The number of carbonyl (C=O) groups excluding carboxylic acids is 1. The highest BCUT2D eigenvalue weighted by atomic mass is 16.1. The van der Waals surface area contributed by atoms with Gasteiger partial charge in [-0.05, 0) is 82.9 Å². The van der Waals surface area contributed by atoms with E-state index in [1.165, 1.54) is 0 Å². The molecular weight excluding hydrogens is 424 g/mol. The van der Waals surface area contributed by atoms with Crippen LogP contribution in [0.4, 0.5) is 5.69 Å². The highest BCUT2D eigenvalue weighted by Gasteiger charge is 2.21. The van der Waals surface area contributed by atoms with Crippen molar-refractivity contribution in [1.29, 1.82) is 0 Å². The number of benzene rings is 2. The van der Waals surface area contributed by atoms with E-state index in [0.717, 1.165) is 50.4 Å². The van der Waals surface area contributed by atoms with Crippen LogP contribution in [-0.4, -0.2) is 20.3 Å². The Balaban J connectivity index is 1.71. The minimum atomic E-state index is -0.0962. The Labute approximate surface area is 200 Å². The summed E-state index contributed by atoms with van der Waals surface area (Å²) in [6.07, 6.45) is 0.621. The first-order valence-corrected chi connectivity index (χ1v) is 11.8. The second kappa shape index (κ2) is 9.29. The lowest BCUT2D eigenvalue weighted by Crippen LogP contribution is -2.27. The van der Waals surface area contributed by atoms with E-state index in [0.29, 0.717) is 18.5 Å². The highest BCUT2D eigenvalue weighted by molar-refractivity contribution is 5.92. The highest BCUT2D eigenvalue weighted by Crippen LogP contribution is 2.27. The molecule has 0 aliphatic carbocycles. The smallest absolute Gasteiger partial charge is 0.255 e. The van der Waals surface area contributed by atoms with Crippen LogP contribution in [0.15, 0.2) is 47.3 Å². The van der Waals surface area contributed by atoms with Crippen molar-refractivity contribution in [1.82, 2.24) is 14.3 Å². The van der Waals surface area contributed by atoms with E-state index >= 15 is 0 Å². The molecule has 2 heterocycles. The molecule has 1 amide bonds. The van der Waals surface area contributed by atoms with Gasteiger partial charge in [-0.1, -0.05) is 29.8 Å². The van der Waals surface area contributed by atoms with Gasteiger partial charge in [-0.2, -0.15) is 5.10 Å². The third kappa shape index (κ3) is 4.28. The van der Waals surface area contributed by atoms with Gasteiger partial charge in [0.25, 0.3) is 5.56 Å². The largest absolute Gasteiger partial charge is 0.326 e. The Bertz CT molecular complexity index is 1460. The van der Waals surface area contributed by atoms with Gasteiger partial charge in [0.2, 0.25) is 5.91 Å². The lowest BCUT2D eigenvalue weighted by atomic mass is 10.0. The average molecular weight is 457 g/mol. The van der Waals surface area contributed by atoms with E-state index in [1.54, 1.807) is 4.57 Å². The van der Waals surface area contributed by atoms with Crippen LogP contribution in [0.5, 0.6) is 0 Å². The molecule has 0 radical (unpaired) electrons. The first kappa shape index (κ1) is 23.5. The zero-order valence-electron chi connectivity index (χ0n) is 20.8. The molecule has 6 heteroatoms. The summed E-state index contributed by atoms with van der Waals surface area (Å²) in [7, 11) is 0. The predicted octanol–water partition coefficient (Wildman–Crippen LogP) is 5.32. The zero-order valence-corrected chi connectivity index (χ0v) is 20.8. The van der Waals surface area contributed by atoms with E-state index in [9.17, 15) is 9.59 Å². The summed E-state index contributed by atoms with van der Waals surface area (Å²) in [5.74, 6) is -0.0962. The van der Waals surface area contributed by atoms with Crippen LogP contribution in [-0.2, 0) is 17.8 Å². The van der Waals surface area contributed by atoms with Crippen LogP contribution in [0.25, 0.3) is 16.7 Å². The van der Waals surface area contributed by atoms with E-state index in [2.05, 4.69) is 11.4 Å². The van der Waals surface area contributed by atoms with Gasteiger partial charge in [0.05, 0.1) is 11.4 Å². The molecule has 2 aromatic carbocycles. The van der Waals surface area contributed by atoms with Gasteiger partial charge >= 0.3 is 0 Å². The van der Waals surface area contributed by atoms with Crippen LogP contribution in [0.3, 0.4) is 0 Å². The van der Waals surface area contributed by atoms with Crippen LogP contribution in [0.2, 0.25) is 0 Å². The zero-order chi connectivity index (χ0) is 24.6. The van der Waals surface area contributed by atoms with Gasteiger partial charge < -0.3 is 5.32 Å². The third-order valence-electron chi connectivity index (χ3n) is 6.44. The maximum absolute atomic E-state index is 13.5. The minimum absolute atomic E-state index is 0.0550. The normalized spacial score (nSPS) is 11.2. The monoisotopic (exact) mass is 456 g/mol. The molecule has 0 spiro atoms. The molecule has 0 aliphatic heterocycles. The molecule has 0 atom stereocenters. The number of rotatable bonds is 6. The predicted molar refractivity (Wildman–Crippen MR) is 138 cm³/mol. The fourth-order valence-electron chi connectivity index (χ4n) is 4.71. The SMILES string of the molecule is CCn1c(=O)c(CCC(=O)Nc2ccc(C)cc2C)c(C)c2c(C)nn(-c3cccc(C)c3)c21. The number of aryl methyl sites for hydroxylation is 6. The van der Waals surface area contributed by atoms with Crippen molar-refractivity contribution in [2.45, 2.75) is 60.9 Å². The molecule has 0 bridgehead atoms. The lowest BCUT2D eigenvalue weighted by Gasteiger charge is -2.15. The summed E-state index contributed by atoms with van der Waals surface area (Å²) in [5, 5.41) is 8.77. The van der Waals surface area contributed by atoms with Gasteiger partial charge in [0.1, 0.15) is 5.65 Å². The first-order chi connectivity index (χ1) is 16.2. The van der Waals surface area contributed by atoms with Crippen molar-refractivity contribution in [3.8, 4) is 5.69 Å². The van der Waals surface area contributed by atoms with Gasteiger partial charge in [-0.15, -0.1) is 0 Å². The van der Waals surface area contributed by atoms with Gasteiger partial charge in [-0.25, -0.2) is 4.68 Å². The molecule has 0 saturated carbocycles. The van der Waals surface area contributed by atoms with Crippen LogP contribution >= 0.6 is 0 Å². The Morgan fingerprint density at radius 3 is 2.41 bits per heavy atom. The Kier molecular flexibility index (Phi) is 6.42. The fourth-order valence-corrected chi connectivity index (χ4v) is 4.71. The van der Waals surface area contributed by atoms with E-state index in [4.69, 9.17) is 5.10 Å². The number of hydrogen-bond donors (Lipinski definition) is 1. The molecule has 0 fully saturated rings. The van der Waals surface area contributed by atoms with E-state index in [-0.39, 0.29) is 17.9 Å². The Morgan fingerprint density at radius 1 is 1.00 bits per heavy atom. The number of hydrogen-bond acceptors (Lipinski definition) is 3. The van der Waals surface area contributed by atoms with Gasteiger partial charge in [0, 0.05) is 29.6 Å². The summed E-state index contributed by atoms with van der Waals surface area (Å²) >= 11 is 0. The van der Waals surface area contributed by atoms with Crippen molar-refractivity contribution >= 4 is 22.6 Å². The number of anilines is 1. The number of fused-ring (bicyclic) bond motifs is 1. The number of nitrogens with zero attached hydrogens (tertiary/aromatic N) is 3. The molecule has 0 saturated heterocycles. The van der Waals surface area contributed by atoms with Gasteiger partial charge in [0.15, 0.2) is 0 Å². The number of amides is 1. The summed E-state index contributed by atoms with van der Waals surface area (Å²) in [4.78, 5) is 26.3. The summed E-state index contributed by atoms with van der Waals surface area (Å²) in [6.45, 7) is 12.5. The average Bonchev–Trinajstić information content (AvgIpc) is 3.13. The standard InChI is InChI=1S/C28H32N4O2/c1-7-31-27-26(21(6)30-32(27)22-10-8-9-17(2)16-22)20(5)23(28(31)34)12-14-25(33)29-24-13-11-18(3)15-19(24)4/h8-11,13,15-16H,7,12,14H2,1-6H3,(H,29,33). The molecule has 4 aromatic rings. The van der Waals surface area contributed by atoms with Crippen LogP contribution in [0.1, 0.15) is 46.9 Å². The summed E-state index contributed by atoms with van der Waals surface area (Å²) in [6, 6.07) is 14.1. The van der Waals surface area contributed by atoms with Crippen molar-refractivity contribution in [3.63, 3.8) is 0 Å². The topological polar surface area (TPSA) is 68.9 Å². The van der Waals surface area contributed by atoms with Crippen molar-refractivity contribution in [2.75, 3.05) is 5.32 Å². The molecule has 0 unspecified atom stereocenters. The first-order valence-electron chi connectivity index (χ1n) is 11.8. The maximum atomic E-state index is 13.5. The molecule has 176 valence electrons. The van der Waals surface area contributed by atoms with E-state index in [1.807, 2.05) is 82.6 Å². The summed E-state index contributed by atoms with van der Waals surface area (Å²) < 4.78 is 3.65. The van der Waals surface area contributed by atoms with E-state index < -0.39 is 0 Å². The van der Waals surface area contributed by atoms with Crippen molar-refractivity contribution in [2.24, 2.45) is 0 Å². The molecule has 0 aliphatic rings. The molecule has 2 aromatic heterocycles. The number of pyridine rings is 1.